The summed E-state index contributed by atoms with van der Waals surface area (Å²) in [4.78, 5) is 6.58. The molecule has 2 aromatic carbocycles. The van der Waals surface area contributed by atoms with Gasteiger partial charge in [0.15, 0.2) is 11.6 Å². The largest absolute Gasteiger partial charge is 0.490 e. The van der Waals surface area contributed by atoms with Gasteiger partial charge in [0, 0.05) is 49.1 Å². The van der Waals surface area contributed by atoms with E-state index in [-0.39, 0.29) is 36.1 Å². The predicted molar refractivity (Wildman–Crippen MR) is 138 cm³/mol. The van der Waals surface area contributed by atoms with Crippen molar-refractivity contribution >= 4 is 15.8 Å². The number of anilines is 1. The molecule has 0 amide bonds. The Balaban J connectivity index is 1.29. The summed E-state index contributed by atoms with van der Waals surface area (Å²) in [6, 6.07) is 14.4. The van der Waals surface area contributed by atoms with Gasteiger partial charge in [-0.15, -0.1) is 0 Å². The lowest BCUT2D eigenvalue weighted by molar-refractivity contribution is 0.0408. The van der Waals surface area contributed by atoms with Gasteiger partial charge in [-0.3, -0.25) is 9.40 Å². The molecular weight excluding hydrogens is 528 g/mol. The molecule has 0 saturated heterocycles. The fourth-order valence-electron chi connectivity index (χ4n) is 4.86. The van der Waals surface area contributed by atoms with Crippen LogP contribution in [0.15, 0.2) is 78.2 Å². The first-order valence-electron chi connectivity index (χ1n) is 12.3. The van der Waals surface area contributed by atoms with Gasteiger partial charge in [-0.05, 0) is 30.5 Å². The number of nitrogens with zero attached hydrogens (tertiary/aromatic N) is 4. The minimum absolute atomic E-state index is 0.0305. The van der Waals surface area contributed by atoms with Crippen LogP contribution >= 0.6 is 0 Å². The van der Waals surface area contributed by atoms with Crippen molar-refractivity contribution in [1.29, 1.82) is 0 Å². The molecule has 1 fully saturated rings. The van der Waals surface area contributed by atoms with Gasteiger partial charge in [0.2, 0.25) is 0 Å². The van der Waals surface area contributed by atoms with E-state index in [1.54, 1.807) is 10.9 Å². The summed E-state index contributed by atoms with van der Waals surface area (Å²) in [5.74, 6) is -2.62. The van der Waals surface area contributed by atoms with Crippen LogP contribution in [0.2, 0.25) is 0 Å². The summed E-state index contributed by atoms with van der Waals surface area (Å²) in [5, 5.41) is 4.28. The Hall–Kier alpha value is -3.90. The second kappa shape index (κ2) is 11.5. The minimum atomic E-state index is -4.43. The lowest BCUT2D eigenvalue weighted by Crippen LogP contribution is -2.19. The van der Waals surface area contributed by atoms with Gasteiger partial charge in [0.25, 0.3) is 10.0 Å². The highest BCUT2D eigenvalue weighted by molar-refractivity contribution is 7.92. The number of rotatable bonds is 10. The number of ether oxygens (including phenoxy) is 2. The predicted octanol–water partition coefficient (Wildman–Crippen LogP) is 4.45. The van der Waals surface area contributed by atoms with E-state index in [1.807, 2.05) is 43.4 Å². The molecule has 0 aliphatic heterocycles. The number of halogens is 2. The standard InChI is InChI=1S/C27H27F2N5O4S/c1-34-24(7-10-32-34)21-12-20(37-15-18-5-3-2-4-6-18)11-19(21)16-38-25-13-23(29)26(14-22(25)28)39(35,36)33-27-8-9-30-17-31-27/h2-10,13-14,17,19-21H,11-12,15-16H2,1H3,(H,30,31,33)/t19?,20-,21-/m0/s1. The molecule has 1 saturated carbocycles. The SMILES string of the molecule is Cn1nccc1[C@H]1C[C@@H](OCc2ccccc2)CC1COc1cc(F)c(S(=O)(=O)Nc2ccncn2)cc1F. The first-order chi connectivity index (χ1) is 18.8. The van der Waals surface area contributed by atoms with Crippen molar-refractivity contribution in [3.8, 4) is 5.75 Å². The number of nitrogens with one attached hydrogen (secondary N) is 1. The topological polar surface area (TPSA) is 108 Å². The van der Waals surface area contributed by atoms with E-state index < -0.39 is 26.6 Å². The molecule has 0 spiro atoms. The number of aryl methyl sites for hydroxylation is 1. The molecular formula is C27H27F2N5O4S. The Bertz CT molecular complexity index is 1520. The maximum absolute atomic E-state index is 14.9. The molecule has 12 heteroatoms. The summed E-state index contributed by atoms with van der Waals surface area (Å²) in [5.41, 5.74) is 2.06. The third-order valence-electron chi connectivity index (χ3n) is 6.77. The highest BCUT2D eigenvalue weighted by Gasteiger charge is 2.38. The Morgan fingerprint density at radius 2 is 1.87 bits per heavy atom. The van der Waals surface area contributed by atoms with E-state index in [1.165, 1.54) is 12.3 Å². The molecule has 1 N–H and O–H groups in total. The minimum Gasteiger partial charge on any atom is -0.490 e. The second-order valence-corrected chi connectivity index (χ2v) is 11.0. The van der Waals surface area contributed by atoms with Crippen LogP contribution in [0.25, 0.3) is 0 Å². The zero-order valence-corrected chi connectivity index (χ0v) is 21.9. The maximum atomic E-state index is 14.9. The van der Waals surface area contributed by atoms with Crippen LogP contribution in [0.1, 0.15) is 30.0 Å². The van der Waals surface area contributed by atoms with Crippen LogP contribution in [-0.4, -0.2) is 40.9 Å². The van der Waals surface area contributed by atoms with E-state index in [4.69, 9.17) is 9.47 Å². The summed E-state index contributed by atoms with van der Waals surface area (Å²) < 4.78 is 70.9. The molecule has 4 aromatic rings. The molecule has 39 heavy (non-hydrogen) atoms. The molecule has 1 aliphatic rings. The number of sulfonamides is 1. The van der Waals surface area contributed by atoms with Crippen molar-refractivity contribution in [3.05, 3.63) is 96.2 Å². The first kappa shape index (κ1) is 26.7. The average Bonchev–Trinajstić information content (AvgIpc) is 3.53. The quantitative estimate of drug-likeness (QED) is 0.308. The normalized spacial score (nSPS) is 19.2. The molecule has 5 rings (SSSR count). The first-order valence-corrected chi connectivity index (χ1v) is 13.8. The van der Waals surface area contributed by atoms with Crippen LogP contribution in [0, 0.1) is 17.6 Å². The Morgan fingerprint density at radius 1 is 1.05 bits per heavy atom. The van der Waals surface area contributed by atoms with E-state index in [9.17, 15) is 17.2 Å². The van der Waals surface area contributed by atoms with Crippen LogP contribution < -0.4 is 9.46 Å². The molecule has 2 heterocycles. The third-order valence-corrected chi connectivity index (χ3v) is 8.14. The lowest BCUT2D eigenvalue weighted by atomic mass is 9.93. The smallest absolute Gasteiger partial charge is 0.266 e. The van der Waals surface area contributed by atoms with Crippen molar-refractivity contribution in [1.82, 2.24) is 19.7 Å². The van der Waals surface area contributed by atoms with Gasteiger partial charge in [-0.25, -0.2) is 27.2 Å². The van der Waals surface area contributed by atoms with Crippen molar-refractivity contribution in [2.75, 3.05) is 11.3 Å². The van der Waals surface area contributed by atoms with E-state index in [2.05, 4.69) is 19.8 Å². The van der Waals surface area contributed by atoms with Gasteiger partial charge in [0.05, 0.1) is 19.3 Å². The highest BCUT2D eigenvalue weighted by atomic mass is 32.2. The van der Waals surface area contributed by atoms with Gasteiger partial charge in [-0.1, -0.05) is 30.3 Å². The van der Waals surface area contributed by atoms with Gasteiger partial charge in [0.1, 0.15) is 22.9 Å². The monoisotopic (exact) mass is 555 g/mol. The maximum Gasteiger partial charge on any atom is 0.266 e. The lowest BCUT2D eigenvalue weighted by Gasteiger charge is -2.20. The second-order valence-electron chi connectivity index (χ2n) is 9.36. The Labute approximate surface area is 224 Å². The molecule has 0 radical (unpaired) electrons. The molecule has 9 nitrogen and oxygen atoms in total. The summed E-state index contributed by atoms with van der Waals surface area (Å²) in [6.45, 7) is 0.554. The number of benzene rings is 2. The third kappa shape index (κ3) is 6.23. The Morgan fingerprint density at radius 3 is 2.59 bits per heavy atom. The highest BCUT2D eigenvalue weighted by Crippen LogP contribution is 2.42. The van der Waals surface area contributed by atoms with Crippen molar-refractivity contribution < 1.29 is 26.7 Å². The van der Waals surface area contributed by atoms with Crippen LogP contribution in [0.5, 0.6) is 5.75 Å². The molecule has 1 aliphatic carbocycles. The van der Waals surface area contributed by atoms with Crippen LogP contribution in [0.3, 0.4) is 0 Å². The number of aromatic nitrogens is 4. The van der Waals surface area contributed by atoms with Crippen molar-refractivity contribution in [2.24, 2.45) is 13.0 Å². The average molecular weight is 556 g/mol. The molecule has 1 unspecified atom stereocenters. The summed E-state index contributed by atoms with van der Waals surface area (Å²) in [7, 11) is -2.57. The molecule has 2 aromatic heterocycles. The van der Waals surface area contributed by atoms with Crippen molar-refractivity contribution in [2.45, 2.75) is 36.4 Å². The van der Waals surface area contributed by atoms with Crippen LogP contribution in [-0.2, 0) is 28.4 Å². The zero-order valence-electron chi connectivity index (χ0n) is 21.1. The fourth-order valence-corrected chi connectivity index (χ4v) is 5.94. The molecule has 3 atom stereocenters. The van der Waals surface area contributed by atoms with E-state index >= 15 is 0 Å². The van der Waals surface area contributed by atoms with Crippen LogP contribution in [0.4, 0.5) is 14.6 Å². The summed E-state index contributed by atoms with van der Waals surface area (Å²) in [6.07, 6.45) is 5.49. The Kier molecular flexibility index (Phi) is 7.84. The van der Waals surface area contributed by atoms with Gasteiger partial charge in [-0.2, -0.15) is 5.10 Å². The summed E-state index contributed by atoms with van der Waals surface area (Å²) >= 11 is 0. The zero-order chi connectivity index (χ0) is 27.4. The van der Waals surface area contributed by atoms with Gasteiger partial charge >= 0.3 is 0 Å². The molecule has 0 bridgehead atoms. The fraction of sp³-hybridized carbons (Fsp3) is 0.296. The molecule has 204 valence electrons. The van der Waals surface area contributed by atoms with E-state index in [0.717, 1.165) is 30.1 Å². The number of hydrogen-bond donors (Lipinski definition) is 1. The number of hydrogen-bond acceptors (Lipinski definition) is 7. The van der Waals surface area contributed by atoms with E-state index in [0.29, 0.717) is 19.1 Å². The van der Waals surface area contributed by atoms with Gasteiger partial charge < -0.3 is 9.47 Å². The van der Waals surface area contributed by atoms with Crippen molar-refractivity contribution in [3.63, 3.8) is 0 Å².